The molecule has 0 amide bonds. The predicted molar refractivity (Wildman–Crippen MR) is 142 cm³/mol. The van der Waals surface area contributed by atoms with Crippen molar-refractivity contribution < 1.29 is 4.74 Å². The number of aromatic nitrogens is 5. The molecule has 0 spiro atoms. The Morgan fingerprint density at radius 3 is 2.66 bits per heavy atom. The number of H-pyrrole nitrogens is 1. The van der Waals surface area contributed by atoms with Gasteiger partial charge in [-0.25, -0.2) is 9.97 Å². The van der Waals surface area contributed by atoms with Crippen LogP contribution in [-0.4, -0.2) is 62.2 Å². The summed E-state index contributed by atoms with van der Waals surface area (Å²) in [5.74, 6) is 0.360. The number of hydrogen-bond donors (Lipinski definition) is 1. The molecule has 1 saturated carbocycles. The van der Waals surface area contributed by atoms with Crippen molar-refractivity contribution in [2.24, 2.45) is 0 Å². The Bertz CT molecular complexity index is 1330. The van der Waals surface area contributed by atoms with E-state index in [-0.39, 0.29) is 0 Å². The molecule has 35 heavy (non-hydrogen) atoms. The average molecular weight is 511 g/mol. The zero-order valence-corrected chi connectivity index (χ0v) is 21.7. The fraction of sp³-hybridized carbons (Fsp3) is 0.462. The third-order valence-corrected chi connectivity index (χ3v) is 8.16. The number of morpholine rings is 1. The van der Waals surface area contributed by atoms with Gasteiger partial charge in [0.1, 0.15) is 5.65 Å². The van der Waals surface area contributed by atoms with E-state index in [9.17, 15) is 0 Å². The molecule has 0 unspecified atom stereocenters. The molecule has 0 atom stereocenters. The van der Waals surface area contributed by atoms with Crippen molar-refractivity contribution in [3.05, 3.63) is 51.0 Å². The number of nitrogens with zero attached hydrogens (tertiary/aromatic N) is 5. The van der Waals surface area contributed by atoms with Crippen LogP contribution in [0.3, 0.4) is 0 Å². The summed E-state index contributed by atoms with van der Waals surface area (Å²) in [5.41, 5.74) is 2.87. The first-order chi connectivity index (χ1) is 17.0. The molecule has 0 bridgehead atoms. The SMILES string of the molecule is C=C(C=c1nccnc1=C)Sc1nc(C2CCC(N3CCOCC3)CC2)c2c(Cl)c(CC)[nH]c2n1. The maximum Gasteiger partial charge on any atom is 0.194 e. The largest absolute Gasteiger partial charge is 0.379 e. The zero-order valence-electron chi connectivity index (χ0n) is 20.1. The van der Waals surface area contributed by atoms with Gasteiger partial charge in [0, 0.05) is 48.0 Å². The van der Waals surface area contributed by atoms with E-state index in [0.717, 1.165) is 77.9 Å². The summed E-state index contributed by atoms with van der Waals surface area (Å²) in [5, 5.41) is 3.72. The summed E-state index contributed by atoms with van der Waals surface area (Å²) in [4.78, 5) is 25.2. The van der Waals surface area contributed by atoms with Gasteiger partial charge in [0.15, 0.2) is 5.16 Å². The number of halogens is 1. The van der Waals surface area contributed by atoms with E-state index in [1.54, 1.807) is 12.4 Å². The summed E-state index contributed by atoms with van der Waals surface area (Å²) in [6, 6.07) is 0.632. The first-order valence-electron chi connectivity index (χ1n) is 12.3. The van der Waals surface area contributed by atoms with Crippen molar-refractivity contribution in [1.29, 1.82) is 0 Å². The summed E-state index contributed by atoms with van der Waals surface area (Å²) in [7, 11) is 0. The summed E-state index contributed by atoms with van der Waals surface area (Å²) >= 11 is 8.26. The third kappa shape index (κ3) is 5.31. The second-order valence-electron chi connectivity index (χ2n) is 9.14. The van der Waals surface area contributed by atoms with E-state index in [0.29, 0.717) is 27.8 Å². The molecule has 3 aromatic heterocycles. The van der Waals surface area contributed by atoms with Gasteiger partial charge in [-0.05, 0) is 38.2 Å². The second-order valence-corrected chi connectivity index (χ2v) is 10.6. The minimum absolute atomic E-state index is 0.360. The van der Waals surface area contributed by atoms with Crippen LogP contribution >= 0.6 is 23.4 Å². The molecular weight excluding hydrogens is 480 g/mol. The van der Waals surface area contributed by atoms with Gasteiger partial charge >= 0.3 is 0 Å². The normalized spacial score (nSPS) is 22.1. The van der Waals surface area contributed by atoms with Gasteiger partial charge in [0.2, 0.25) is 0 Å². The van der Waals surface area contributed by atoms with E-state index < -0.39 is 0 Å². The highest BCUT2D eigenvalue weighted by molar-refractivity contribution is 8.03. The Balaban J connectivity index is 1.43. The Morgan fingerprint density at radius 1 is 1.20 bits per heavy atom. The molecule has 0 aromatic carbocycles. The smallest absolute Gasteiger partial charge is 0.194 e. The number of nitrogens with one attached hydrogen (secondary N) is 1. The fourth-order valence-corrected chi connectivity index (χ4v) is 6.20. The first-order valence-corrected chi connectivity index (χ1v) is 13.5. The Hall–Kier alpha value is -2.26. The lowest BCUT2D eigenvalue weighted by atomic mass is 9.82. The number of allylic oxidation sites excluding steroid dienone is 1. The number of hydrogen-bond acceptors (Lipinski definition) is 7. The molecule has 2 aliphatic rings. The molecule has 0 radical (unpaired) electrons. The lowest BCUT2D eigenvalue weighted by Crippen LogP contribution is -2.44. The minimum Gasteiger partial charge on any atom is -0.379 e. The van der Waals surface area contributed by atoms with Gasteiger partial charge in [-0.3, -0.25) is 14.9 Å². The van der Waals surface area contributed by atoms with E-state index in [1.165, 1.54) is 24.6 Å². The molecule has 9 heteroatoms. The molecule has 1 saturated heterocycles. The molecule has 2 fully saturated rings. The van der Waals surface area contributed by atoms with Crippen molar-refractivity contribution in [2.45, 2.75) is 56.1 Å². The summed E-state index contributed by atoms with van der Waals surface area (Å²) < 4.78 is 5.54. The highest BCUT2D eigenvalue weighted by Gasteiger charge is 2.30. The van der Waals surface area contributed by atoms with E-state index >= 15 is 0 Å². The Kier molecular flexibility index (Phi) is 7.53. The van der Waals surface area contributed by atoms with Gasteiger partial charge in [-0.1, -0.05) is 43.4 Å². The highest BCUT2D eigenvalue weighted by Crippen LogP contribution is 2.41. The van der Waals surface area contributed by atoms with Crippen LogP contribution in [0.4, 0.5) is 0 Å². The lowest BCUT2D eigenvalue weighted by molar-refractivity contribution is 0.00723. The standard InChI is InChI=1S/C26H31ClN6OS/c1-4-20-23(27)22-24(18-5-7-19(8-6-18)33-11-13-34-14-12-33)31-26(32-25(22)30-20)35-16(2)15-21-17(3)28-9-10-29-21/h9-10,15,18-19H,2-8,11-14H2,1H3,(H,30,31,32). The summed E-state index contributed by atoms with van der Waals surface area (Å²) in [6.45, 7) is 14.0. The van der Waals surface area contributed by atoms with Crippen LogP contribution in [0.15, 0.2) is 29.0 Å². The van der Waals surface area contributed by atoms with E-state index in [2.05, 4.69) is 39.9 Å². The van der Waals surface area contributed by atoms with Crippen LogP contribution in [-0.2, 0) is 11.2 Å². The van der Waals surface area contributed by atoms with Crippen molar-refractivity contribution in [3.63, 3.8) is 0 Å². The topological polar surface area (TPSA) is 79.8 Å². The van der Waals surface area contributed by atoms with Gasteiger partial charge in [-0.15, -0.1) is 0 Å². The zero-order chi connectivity index (χ0) is 24.4. The maximum absolute atomic E-state index is 6.83. The quantitative estimate of drug-likeness (QED) is 0.399. The lowest BCUT2D eigenvalue weighted by Gasteiger charge is -2.38. The second kappa shape index (κ2) is 10.8. The van der Waals surface area contributed by atoms with Crippen molar-refractivity contribution >= 4 is 47.1 Å². The average Bonchev–Trinajstić information content (AvgIpc) is 3.21. The van der Waals surface area contributed by atoms with Crippen molar-refractivity contribution in [1.82, 2.24) is 29.8 Å². The van der Waals surface area contributed by atoms with Crippen LogP contribution in [0.2, 0.25) is 5.02 Å². The van der Waals surface area contributed by atoms with Crippen LogP contribution in [0.25, 0.3) is 23.7 Å². The molecular formula is C26H31ClN6OS. The molecule has 1 N–H and O–H groups in total. The number of rotatable bonds is 6. The highest BCUT2D eigenvalue weighted by atomic mass is 35.5. The Morgan fingerprint density at radius 2 is 1.94 bits per heavy atom. The number of aryl methyl sites for hydroxylation is 1. The van der Waals surface area contributed by atoms with Crippen LogP contribution in [0, 0.1) is 0 Å². The van der Waals surface area contributed by atoms with Gasteiger partial charge in [-0.2, -0.15) is 0 Å². The molecule has 7 nitrogen and oxygen atoms in total. The van der Waals surface area contributed by atoms with Gasteiger partial charge < -0.3 is 9.72 Å². The Labute approximate surface area is 214 Å². The number of ether oxygens (including phenoxy) is 1. The fourth-order valence-electron chi connectivity index (χ4n) is 5.15. The number of thioether (sulfide) groups is 1. The van der Waals surface area contributed by atoms with Crippen LogP contribution in [0.5, 0.6) is 0 Å². The van der Waals surface area contributed by atoms with Crippen molar-refractivity contribution in [3.8, 4) is 0 Å². The monoisotopic (exact) mass is 510 g/mol. The molecule has 1 aliphatic carbocycles. The first kappa shape index (κ1) is 24.4. The molecule has 4 heterocycles. The molecule has 3 aromatic rings. The molecule has 184 valence electrons. The summed E-state index contributed by atoms with van der Waals surface area (Å²) in [6.07, 6.45) is 10.5. The van der Waals surface area contributed by atoms with Gasteiger partial charge in [0.25, 0.3) is 0 Å². The van der Waals surface area contributed by atoms with E-state index in [1.807, 2.05) is 6.08 Å². The number of fused-ring (bicyclic) bond motifs is 1. The van der Waals surface area contributed by atoms with Crippen molar-refractivity contribution in [2.75, 3.05) is 26.3 Å². The van der Waals surface area contributed by atoms with Gasteiger partial charge in [0.05, 0.1) is 40.0 Å². The van der Waals surface area contributed by atoms with E-state index in [4.69, 9.17) is 26.3 Å². The minimum atomic E-state index is 0.360. The maximum atomic E-state index is 6.83. The predicted octanol–water partition coefficient (Wildman–Crippen LogP) is 3.82. The van der Waals surface area contributed by atoms with Crippen LogP contribution in [0.1, 0.15) is 49.9 Å². The van der Waals surface area contributed by atoms with Crippen LogP contribution < -0.4 is 10.7 Å². The number of aromatic amines is 1. The third-order valence-electron chi connectivity index (χ3n) is 7.00. The molecule has 1 aliphatic heterocycles. The molecule has 5 rings (SSSR count).